The molecule has 1 aromatic carbocycles. The van der Waals surface area contributed by atoms with Crippen molar-refractivity contribution in [1.82, 2.24) is 19.5 Å². The molecule has 0 unspecified atom stereocenters. The first-order chi connectivity index (χ1) is 14.4. The molecule has 0 saturated carbocycles. The van der Waals surface area contributed by atoms with Gasteiger partial charge in [-0.25, -0.2) is 8.42 Å². The molecular formula is C21H22ClN5O2S. The summed E-state index contributed by atoms with van der Waals surface area (Å²) in [5, 5.41) is 9.21. The normalized spacial score (nSPS) is 15.4. The van der Waals surface area contributed by atoms with Crippen molar-refractivity contribution in [2.45, 2.75) is 18.7 Å². The van der Waals surface area contributed by atoms with E-state index in [1.807, 2.05) is 31.2 Å². The molecule has 156 valence electrons. The molecule has 30 heavy (non-hydrogen) atoms. The number of hydrogen-bond acceptors (Lipinski definition) is 6. The summed E-state index contributed by atoms with van der Waals surface area (Å²) in [6.07, 6.45) is 3.43. The second-order valence-electron chi connectivity index (χ2n) is 7.27. The minimum Gasteiger partial charge on any atom is -0.352 e. The van der Waals surface area contributed by atoms with Crippen LogP contribution in [0.3, 0.4) is 0 Å². The third-order valence-electron chi connectivity index (χ3n) is 5.26. The number of piperazine rings is 1. The standard InChI is InChI=1S/C21H22ClN5O2S/c1-15-14-20(16(2)13-18(15)22)30(28,29)27-11-9-26(10-12-27)21-4-3-19(24-25-21)17-5-7-23-8-6-17/h3-8,13-14H,9-12H2,1-2H3. The van der Waals surface area contributed by atoms with Gasteiger partial charge >= 0.3 is 0 Å². The molecule has 2 aromatic heterocycles. The van der Waals surface area contributed by atoms with Crippen LogP contribution < -0.4 is 4.90 Å². The van der Waals surface area contributed by atoms with Gasteiger partial charge in [0.1, 0.15) is 0 Å². The molecular weight excluding hydrogens is 422 g/mol. The molecule has 1 aliphatic heterocycles. The van der Waals surface area contributed by atoms with Crippen LogP contribution >= 0.6 is 11.6 Å². The molecule has 0 N–H and O–H groups in total. The highest BCUT2D eigenvalue weighted by atomic mass is 35.5. The van der Waals surface area contributed by atoms with E-state index in [0.717, 1.165) is 22.6 Å². The lowest BCUT2D eigenvalue weighted by Gasteiger charge is -2.34. The lowest BCUT2D eigenvalue weighted by molar-refractivity contribution is 0.383. The maximum Gasteiger partial charge on any atom is 0.243 e. The van der Waals surface area contributed by atoms with Crippen LogP contribution in [0.1, 0.15) is 11.1 Å². The predicted octanol–water partition coefficient (Wildman–Crippen LogP) is 3.32. The van der Waals surface area contributed by atoms with Crippen molar-refractivity contribution in [3.8, 4) is 11.3 Å². The minimum atomic E-state index is -3.57. The van der Waals surface area contributed by atoms with Crippen LogP contribution in [-0.4, -0.2) is 54.1 Å². The molecule has 3 aromatic rings. The topological polar surface area (TPSA) is 79.3 Å². The molecule has 0 spiro atoms. The number of rotatable bonds is 4. The number of anilines is 1. The highest BCUT2D eigenvalue weighted by Gasteiger charge is 2.30. The molecule has 7 nitrogen and oxygen atoms in total. The van der Waals surface area contributed by atoms with Gasteiger partial charge in [-0.1, -0.05) is 11.6 Å². The first kappa shape index (κ1) is 20.7. The third-order valence-corrected chi connectivity index (χ3v) is 7.71. The molecule has 0 aliphatic carbocycles. The van der Waals surface area contributed by atoms with E-state index in [4.69, 9.17) is 11.6 Å². The number of aryl methyl sites for hydroxylation is 2. The summed E-state index contributed by atoms with van der Waals surface area (Å²) in [4.78, 5) is 6.38. The van der Waals surface area contributed by atoms with Crippen LogP contribution in [0, 0.1) is 13.8 Å². The van der Waals surface area contributed by atoms with E-state index >= 15 is 0 Å². The molecule has 0 atom stereocenters. The summed E-state index contributed by atoms with van der Waals surface area (Å²) in [5.41, 5.74) is 3.14. The number of hydrogen-bond donors (Lipinski definition) is 0. The monoisotopic (exact) mass is 443 g/mol. The summed E-state index contributed by atoms with van der Waals surface area (Å²) < 4.78 is 27.8. The molecule has 0 amide bonds. The van der Waals surface area contributed by atoms with Crippen molar-refractivity contribution < 1.29 is 8.42 Å². The first-order valence-corrected chi connectivity index (χ1v) is 11.4. The zero-order chi connectivity index (χ0) is 21.3. The lowest BCUT2D eigenvalue weighted by Crippen LogP contribution is -2.49. The van der Waals surface area contributed by atoms with E-state index in [2.05, 4.69) is 20.1 Å². The Bertz CT molecular complexity index is 1150. The molecule has 1 aliphatic rings. The van der Waals surface area contributed by atoms with Crippen molar-refractivity contribution in [2.24, 2.45) is 0 Å². The molecule has 9 heteroatoms. The van der Waals surface area contributed by atoms with Crippen LogP contribution in [0.15, 0.2) is 53.7 Å². The Kier molecular flexibility index (Phi) is 5.73. The quantitative estimate of drug-likeness (QED) is 0.615. The first-order valence-electron chi connectivity index (χ1n) is 9.62. The van der Waals surface area contributed by atoms with Gasteiger partial charge in [0.2, 0.25) is 10.0 Å². The minimum absolute atomic E-state index is 0.319. The van der Waals surface area contributed by atoms with E-state index in [-0.39, 0.29) is 0 Å². The zero-order valence-corrected chi connectivity index (χ0v) is 18.4. The van der Waals surface area contributed by atoms with Gasteiger partial charge in [-0.3, -0.25) is 4.98 Å². The third kappa shape index (κ3) is 4.03. The molecule has 4 rings (SSSR count). The number of benzene rings is 1. The summed E-state index contributed by atoms with van der Waals surface area (Å²) in [6, 6.07) is 11.0. The van der Waals surface area contributed by atoms with E-state index in [9.17, 15) is 8.42 Å². The summed E-state index contributed by atoms with van der Waals surface area (Å²) in [5.74, 6) is 0.739. The summed E-state index contributed by atoms with van der Waals surface area (Å²) in [6.45, 7) is 5.46. The average Bonchev–Trinajstić information content (AvgIpc) is 2.77. The molecule has 0 bridgehead atoms. The maximum atomic E-state index is 13.1. The predicted molar refractivity (Wildman–Crippen MR) is 117 cm³/mol. The largest absolute Gasteiger partial charge is 0.352 e. The van der Waals surface area contributed by atoms with Crippen LogP contribution in [0.25, 0.3) is 11.3 Å². The number of nitrogens with zero attached hydrogens (tertiary/aromatic N) is 5. The van der Waals surface area contributed by atoms with Crippen molar-refractivity contribution in [3.63, 3.8) is 0 Å². The summed E-state index contributed by atoms with van der Waals surface area (Å²) in [7, 11) is -3.57. The summed E-state index contributed by atoms with van der Waals surface area (Å²) >= 11 is 6.13. The van der Waals surface area contributed by atoms with Crippen LogP contribution in [-0.2, 0) is 10.0 Å². The van der Waals surface area contributed by atoms with Crippen LogP contribution in [0.2, 0.25) is 5.02 Å². The molecule has 1 saturated heterocycles. The smallest absolute Gasteiger partial charge is 0.243 e. The molecule has 3 heterocycles. The Labute approximate surface area is 181 Å². The second-order valence-corrected chi connectivity index (χ2v) is 9.58. The number of halogens is 1. The van der Waals surface area contributed by atoms with E-state index in [0.29, 0.717) is 41.7 Å². The van der Waals surface area contributed by atoms with E-state index in [1.54, 1.807) is 31.5 Å². The number of sulfonamides is 1. The van der Waals surface area contributed by atoms with Gasteiger partial charge in [-0.2, -0.15) is 4.31 Å². The SMILES string of the molecule is Cc1cc(S(=O)(=O)N2CCN(c3ccc(-c4ccncc4)nn3)CC2)c(C)cc1Cl. The Hall–Kier alpha value is -2.55. The Balaban J connectivity index is 1.47. The fraction of sp³-hybridized carbons (Fsp3) is 0.286. The van der Waals surface area contributed by atoms with Gasteiger partial charge in [0, 0.05) is 49.2 Å². The van der Waals surface area contributed by atoms with Gasteiger partial charge in [-0.05, 0) is 61.4 Å². The van der Waals surface area contributed by atoms with Gasteiger partial charge < -0.3 is 4.90 Å². The van der Waals surface area contributed by atoms with E-state index in [1.165, 1.54) is 4.31 Å². The average molecular weight is 444 g/mol. The fourth-order valence-electron chi connectivity index (χ4n) is 3.50. The Morgan fingerprint density at radius 3 is 2.23 bits per heavy atom. The van der Waals surface area contributed by atoms with Crippen molar-refractivity contribution in [1.29, 1.82) is 0 Å². The second kappa shape index (κ2) is 8.29. The lowest BCUT2D eigenvalue weighted by atomic mass is 10.2. The van der Waals surface area contributed by atoms with Gasteiger partial charge in [0.15, 0.2) is 5.82 Å². The Morgan fingerprint density at radius 1 is 0.900 bits per heavy atom. The van der Waals surface area contributed by atoms with Crippen molar-refractivity contribution >= 4 is 27.4 Å². The maximum absolute atomic E-state index is 13.1. The molecule has 0 radical (unpaired) electrons. The molecule has 1 fully saturated rings. The van der Waals surface area contributed by atoms with Crippen LogP contribution in [0.4, 0.5) is 5.82 Å². The zero-order valence-electron chi connectivity index (χ0n) is 16.8. The van der Waals surface area contributed by atoms with E-state index < -0.39 is 10.0 Å². The highest BCUT2D eigenvalue weighted by molar-refractivity contribution is 7.89. The fourth-order valence-corrected chi connectivity index (χ4v) is 5.43. The Morgan fingerprint density at radius 2 is 1.60 bits per heavy atom. The van der Waals surface area contributed by atoms with Crippen molar-refractivity contribution in [2.75, 3.05) is 31.1 Å². The van der Waals surface area contributed by atoms with Gasteiger partial charge in [0.25, 0.3) is 0 Å². The van der Waals surface area contributed by atoms with Crippen molar-refractivity contribution in [3.05, 3.63) is 64.9 Å². The van der Waals surface area contributed by atoms with Gasteiger partial charge in [-0.15, -0.1) is 10.2 Å². The highest BCUT2D eigenvalue weighted by Crippen LogP contribution is 2.27. The van der Waals surface area contributed by atoms with Gasteiger partial charge in [0.05, 0.1) is 10.6 Å². The van der Waals surface area contributed by atoms with Crippen LogP contribution in [0.5, 0.6) is 0 Å². The number of aromatic nitrogens is 3. The number of pyridine rings is 1.